The number of benzene rings is 1. The minimum absolute atomic E-state index is 0.0226. The molecular weight excluding hydrogens is 412 g/mol. The number of rotatable bonds is 6. The second-order valence-electron chi connectivity index (χ2n) is 6.57. The first-order chi connectivity index (χ1) is 14.0. The third kappa shape index (κ3) is 4.74. The van der Waals surface area contributed by atoms with Crippen LogP contribution in [0.1, 0.15) is 5.56 Å². The molecule has 1 amide bonds. The van der Waals surface area contributed by atoms with Crippen LogP contribution < -0.4 is 0 Å². The van der Waals surface area contributed by atoms with E-state index >= 15 is 0 Å². The Balaban J connectivity index is 1.29. The van der Waals surface area contributed by atoms with Gasteiger partial charge in [-0.3, -0.25) is 4.79 Å². The molecule has 9 nitrogen and oxygen atoms in total. The maximum atomic E-state index is 12.6. The van der Waals surface area contributed by atoms with E-state index in [0.717, 1.165) is 5.56 Å². The molecule has 29 heavy (non-hydrogen) atoms. The number of nitrogens with zero attached hydrogens (tertiary/aromatic N) is 6. The van der Waals surface area contributed by atoms with Gasteiger partial charge >= 0.3 is 0 Å². The van der Waals surface area contributed by atoms with Crippen LogP contribution in [-0.4, -0.2) is 75.0 Å². The molecule has 1 saturated heterocycles. The molecule has 0 bridgehead atoms. The van der Waals surface area contributed by atoms with Crippen molar-refractivity contribution in [3.8, 4) is 0 Å². The van der Waals surface area contributed by atoms with Gasteiger partial charge in [-0.2, -0.15) is 9.29 Å². The second-order valence-corrected chi connectivity index (χ2v) is 9.48. The Labute approximate surface area is 172 Å². The van der Waals surface area contributed by atoms with Gasteiger partial charge in [0.15, 0.2) is 0 Å². The van der Waals surface area contributed by atoms with Crippen molar-refractivity contribution in [2.24, 2.45) is 0 Å². The fourth-order valence-corrected chi connectivity index (χ4v) is 5.33. The Kier molecular flexibility index (Phi) is 5.79. The molecule has 1 aliphatic rings. The molecule has 0 atom stereocenters. The van der Waals surface area contributed by atoms with Gasteiger partial charge in [-0.05, 0) is 11.6 Å². The third-order valence-corrected chi connectivity index (χ3v) is 7.27. The number of thioether (sulfide) groups is 1. The molecule has 1 aliphatic heterocycles. The lowest BCUT2D eigenvalue weighted by Crippen LogP contribution is -2.51. The van der Waals surface area contributed by atoms with Gasteiger partial charge in [-0.1, -0.05) is 42.1 Å². The summed E-state index contributed by atoms with van der Waals surface area (Å²) in [7, 11) is -3.40. The van der Waals surface area contributed by atoms with Crippen LogP contribution in [0.2, 0.25) is 0 Å². The van der Waals surface area contributed by atoms with Crippen LogP contribution in [0.15, 0.2) is 53.9 Å². The zero-order chi connectivity index (χ0) is 20.3. The lowest BCUT2D eigenvalue weighted by molar-refractivity contribution is -0.129. The molecule has 1 aromatic carbocycles. The largest absolute Gasteiger partial charge is 0.339 e. The smallest absolute Gasteiger partial charge is 0.253 e. The van der Waals surface area contributed by atoms with Crippen molar-refractivity contribution in [2.75, 3.05) is 31.9 Å². The van der Waals surface area contributed by atoms with Crippen LogP contribution in [0.5, 0.6) is 0 Å². The van der Waals surface area contributed by atoms with Crippen molar-refractivity contribution in [2.45, 2.75) is 10.9 Å². The summed E-state index contributed by atoms with van der Waals surface area (Å²) in [6, 6.07) is 10.9. The van der Waals surface area contributed by atoms with Gasteiger partial charge in [-0.25, -0.2) is 17.9 Å². The Morgan fingerprint density at radius 2 is 1.83 bits per heavy atom. The van der Waals surface area contributed by atoms with Crippen molar-refractivity contribution >= 4 is 33.5 Å². The summed E-state index contributed by atoms with van der Waals surface area (Å²) in [5.41, 5.74) is 0.761. The Morgan fingerprint density at radius 3 is 2.55 bits per heavy atom. The van der Waals surface area contributed by atoms with E-state index in [4.69, 9.17) is 0 Å². The highest BCUT2D eigenvalue weighted by Crippen LogP contribution is 2.17. The van der Waals surface area contributed by atoms with E-state index in [-0.39, 0.29) is 17.4 Å². The van der Waals surface area contributed by atoms with Crippen LogP contribution in [0, 0.1) is 0 Å². The Hall–Kier alpha value is -2.50. The van der Waals surface area contributed by atoms with Gasteiger partial charge < -0.3 is 4.90 Å². The lowest BCUT2D eigenvalue weighted by Gasteiger charge is -2.34. The van der Waals surface area contributed by atoms with E-state index in [0.29, 0.717) is 37.1 Å². The van der Waals surface area contributed by atoms with Crippen LogP contribution in [0.25, 0.3) is 5.78 Å². The predicted octanol–water partition coefficient (Wildman–Crippen LogP) is 0.891. The molecule has 3 heterocycles. The number of amides is 1. The summed E-state index contributed by atoms with van der Waals surface area (Å²) in [5.74, 6) is 0.611. The highest BCUT2D eigenvalue weighted by molar-refractivity contribution is 7.99. The molecule has 0 unspecified atom stereocenters. The van der Waals surface area contributed by atoms with E-state index in [1.807, 2.05) is 18.2 Å². The van der Waals surface area contributed by atoms with Gasteiger partial charge in [0.2, 0.25) is 21.1 Å². The number of fused-ring (bicyclic) bond motifs is 1. The average Bonchev–Trinajstić information content (AvgIpc) is 3.15. The predicted molar refractivity (Wildman–Crippen MR) is 109 cm³/mol. The van der Waals surface area contributed by atoms with Crippen molar-refractivity contribution in [3.63, 3.8) is 0 Å². The fraction of sp³-hybridized carbons (Fsp3) is 0.333. The summed E-state index contributed by atoms with van der Waals surface area (Å²) >= 11 is 1.25. The second kappa shape index (κ2) is 8.47. The van der Waals surface area contributed by atoms with Crippen LogP contribution in [0.4, 0.5) is 0 Å². The van der Waals surface area contributed by atoms with E-state index < -0.39 is 10.0 Å². The summed E-state index contributed by atoms with van der Waals surface area (Å²) in [6.45, 7) is 1.38. The Bertz CT molecular complexity index is 1060. The molecule has 152 valence electrons. The Morgan fingerprint density at radius 1 is 1.07 bits per heavy atom. The maximum absolute atomic E-state index is 12.6. The number of sulfonamides is 1. The average molecular weight is 433 g/mol. The highest BCUT2D eigenvalue weighted by Gasteiger charge is 2.29. The quantitative estimate of drug-likeness (QED) is 0.533. The minimum Gasteiger partial charge on any atom is -0.339 e. The number of hydrogen-bond donors (Lipinski definition) is 0. The third-order valence-electron chi connectivity index (χ3n) is 4.60. The molecule has 1 fully saturated rings. The topological polar surface area (TPSA) is 101 Å². The minimum atomic E-state index is -3.40. The molecule has 0 spiro atoms. The number of aromatic nitrogens is 4. The molecule has 0 aliphatic carbocycles. The van der Waals surface area contributed by atoms with Crippen LogP contribution in [-0.2, 0) is 20.6 Å². The van der Waals surface area contributed by atoms with E-state index in [2.05, 4.69) is 15.1 Å². The summed E-state index contributed by atoms with van der Waals surface area (Å²) < 4.78 is 28.3. The molecular formula is C18H20N6O3S2. The van der Waals surface area contributed by atoms with E-state index in [1.54, 1.807) is 40.0 Å². The van der Waals surface area contributed by atoms with Gasteiger partial charge in [0, 0.05) is 38.6 Å². The monoisotopic (exact) mass is 432 g/mol. The first kappa shape index (κ1) is 19.8. The van der Waals surface area contributed by atoms with Gasteiger partial charge in [0.25, 0.3) is 5.78 Å². The zero-order valence-electron chi connectivity index (χ0n) is 15.6. The number of piperazine rings is 1. The van der Waals surface area contributed by atoms with Gasteiger partial charge in [0.1, 0.15) is 0 Å². The summed E-state index contributed by atoms with van der Waals surface area (Å²) in [4.78, 5) is 22.5. The highest BCUT2D eigenvalue weighted by atomic mass is 32.2. The van der Waals surface area contributed by atoms with E-state index in [1.165, 1.54) is 16.1 Å². The van der Waals surface area contributed by atoms with Crippen LogP contribution >= 0.6 is 11.8 Å². The zero-order valence-corrected chi connectivity index (χ0v) is 17.2. The number of carbonyl (C=O) groups is 1. The summed E-state index contributed by atoms with van der Waals surface area (Å²) in [5, 5.41) is 4.75. The van der Waals surface area contributed by atoms with E-state index in [9.17, 15) is 13.2 Å². The first-order valence-corrected chi connectivity index (χ1v) is 11.7. The SMILES string of the molecule is O=C(CSc1nc2ncccn2n1)N1CCN(S(=O)(=O)Cc2ccccc2)CC1. The molecule has 0 saturated carbocycles. The lowest BCUT2D eigenvalue weighted by atomic mass is 10.2. The number of hydrogen-bond acceptors (Lipinski definition) is 7. The molecule has 4 rings (SSSR count). The van der Waals surface area contributed by atoms with Crippen molar-refractivity contribution in [1.29, 1.82) is 0 Å². The molecule has 2 aromatic heterocycles. The van der Waals surface area contributed by atoms with Gasteiger partial charge in [-0.15, -0.1) is 5.10 Å². The first-order valence-electron chi connectivity index (χ1n) is 9.11. The molecule has 0 N–H and O–H groups in total. The molecule has 11 heteroatoms. The normalized spacial score (nSPS) is 15.7. The molecule has 3 aromatic rings. The number of carbonyl (C=O) groups excluding carboxylic acids is 1. The fourth-order valence-electron chi connectivity index (χ4n) is 3.08. The van der Waals surface area contributed by atoms with Gasteiger partial charge in [0.05, 0.1) is 11.5 Å². The standard InChI is InChI=1S/C18H20N6O3S2/c25-16(13-28-18-20-17-19-7-4-8-24(17)21-18)22-9-11-23(12-10-22)29(26,27)14-15-5-2-1-3-6-15/h1-8H,9-14H2. The summed E-state index contributed by atoms with van der Waals surface area (Å²) in [6.07, 6.45) is 3.38. The maximum Gasteiger partial charge on any atom is 0.253 e. The van der Waals surface area contributed by atoms with Crippen molar-refractivity contribution < 1.29 is 13.2 Å². The van der Waals surface area contributed by atoms with Crippen LogP contribution in [0.3, 0.4) is 0 Å². The molecule has 0 radical (unpaired) electrons. The van der Waals surface area contributed by atoms with Crippen molar-refractivity contribution in [3.05, 3.63) is 54.4 Å². The van der Waals surface area contributed by atoms with Crippen molar-refractivity contribution in [1.82, 2.24) is 28.8 Å².